The minimum absolute atomic E-state index is 0.154. The normalized spacial score (nSPS) is 12.2. The standard InChI is InChI=1S/C16H19N5O4S/c1-4-9-21-15(22)12-14(19-16(21)23)18-13(17-12)10-5-7-11(8-6-10)26(24,25)20(2)3/h5-8H,4,9H2,1-3H3,(H,17,18)(H,19,23). The van der Waals surface area contributed by atoms with Gasteiger partial charge in [0.2, 0.25) is 10.0 Å². The summed E-state index contributed by atoms with van der Waals surface area (Å²) in [5, 5.41) is 0. The van der Waals surface area contributed by atoms with Crippen LogP contribution in [0.1, 0.15) is 13.3 Å². The Morgan fingerprint density at radius 3 is 2.35 bits per heavy atom. The molecule has 0 spiro atoms. The van der Waals surface area contributed by atoms with E-state index in [-0.39, 0.29) is 16.1 Å². The first kappa shape index (κ1) is 18.1. The highest BCUT2D eigenvalue weighted by molar-refractivity contribution is 7.89. The highest BCUT2D eigenvalue weighted by Crippen LogP contribution is 2.21. The maximum atomic E-state index is 12.4. The summed E-state index contributed by atoms with van der Waals surface area (Å²) in [6.45, 7) is 2.19. The Labute approximate surface area is 149 Å². The van der Waals surface area contributed by atoms with Crippen LogP contribution in [0.15, 0.2) is 38.8 Å². The third kappa shape index (κ3) is 2.97. The largest absolute Gasteiger partial charge is 0.332 e. The highest BCUT2D eigenvalue weighted by atomic mass is 32.2. The number of imidazole rings is 1. The predicted molar refractivity (Wildman–Crippen MR) is 97.6 cm³/mol. The quantitative estimate of drug-likeness (QED) is 0.679. The van der Waals surface area contributed by atoms with Crippen LogP contribution in [0, 0.1) is 0 Å². The lowest BCUT2D eigenvalue weighted by molar-refractivity contribution is 0.521. The summed E-state index contributed by atoms with van der Waals surface area (Å²) in [6, 6.07) is 6.12. The molecule has 3 rings (SSSR count). The van der Waals surface area contributed by atoms with Crippen molar-refractivity contribution in [1.29, 1.82) is 0 Å². The van der Waals surface area contributed by atoms with Crippen molar-refractivity contribution in [3.05, 3.63) is 45.1 Å². The molecule has 3 aromatic rings. The molecule has 0 atom stereocenters. The van der Waals surface area contributed by atoms with Gasteiger partial charge in [-0.05, 0) is 30.7 Å². The second-order valence-electron chi connectivity index (χ2n) is 6.01. The third-order valence-electron chi connectivity index (χ3n) is 3.99. The molecule has 2 aromatic heterocycles. The number of hydrogen-bond donors (Lipinski definition) is 2. The molecule has 0 aliphatic heterocycles. The summed E-state index contributed by atoms with van der Waals surface area (Å²) in [7, 11) is -0.606. The van der Waals surface area contributed by atoms with E-state index in [4.69, 9.17) is 0 Å². The maximum Gasteiger partial charge on any atom is 0.330 e. The van der Waals surface area contributed by atoms with E-state index in [0.29, 0.717) is 24.4 Å². The fraction of sp³-hybridized carbons (Fsp3) is 0.312. The molecule has 10 heteroatoms. The lowest BCUT2D eigenvalue weighted by Crippen LogP contribution is -2.34. The van der Waals surface area contributed by atoms with E-state index >= 15 is 0 Å². The van der Waals surface area contributed by atoms with Gasteiger partial charge in [0.05, 0.1) is 4.90 Å². The number of fused-ring (bicyclic) bond motifs is 1. The smallest absolute Gasteiger partial charge is 0.330 e. The van der Waals surface area contributed by atoms with Gasteiger partial charge in [-0.15, -0.1) is 0 Å². The van der Waals surface area contributed by atoms with E-state index in [0.717, 1.165) is 8.87 Å². The van der Waals surface area contributed by atoms with Crippen molar-refractivity contribution in [2.45, 2.75) is 24.8 Å². The fourth-order valence-electron chi connectivity index (χ4n) is 2.57. The molecule has 138 valence electrons. The van der Waals surface area contributed by atoms with Crippen molar-refractivity contribution in [2.24, 2.45) is 0 Å². The Morgan fingerprint density at radius 1 is 1.12 bits per heavy atom. The van der Waals surface area contributed by atoms with Crippen molar-refractivity contribution in [3.63, 3.8) is 0 Å². The molecule has 2 heterocycles. The van der Waals surface area contributed by atoms with Crippen LogP contribution in [0.4, 0.5) is 0 Å². The molecule has 0 saturated heterocycles. The Bertz CT molecular complexity index is 1170. The van der Waals surface area contributed by atoms with E-state index < -0.39 is 21.3 Å². The summed E-state index contributed by atoms with van der Waals surface area (Å²) in [5.41, 5.74) is 0.0394. The van der Waals surface area contributed by atoms with Crippen molar-refractivity contribution in [1.82, 2.24) is 23.8 Å². The van der Waals surface area contributed by atoms with Crippen molar-refractivity contribution in [2.75, 3.05) is 14.1 Å². The summed E-state index contributed by atoms with van der Waals surface area (Å²) in [6.07, 6.45) is 0.650. The van der Waals surface area contributed by atoms with Gasteiger partial charge in [0.15, 0.2) is 5.65 Å². The number of rotatable bonds is 5. The number of benzene rings is 1. The number of aromatic amines is 2. The first-order valence-corrected chi connectivity index (χ1v) is 9.45. The molecule has 0 fully saturated rings. The zero-order valence-electron chi connectivity index (χ0n) is 14.6. The minimum atomic E-state index is -3.52. The SMILES string of the molecule is CCCn1c(=O)[nH]c2nc(-c3ccc(S(=O)(=O)N(C)C)cc3)[nH]c2c1=O. The lowest BCUT2D eigenvalue weighted by atomic mass is 10.2. The van der Waals surface area contributed by atoms with Crippen LogP contribution in [-0.4, -0.2) is 46.3 Å². The lowest BCUT2D eigenvalue weighted by Gasteiger charge is -2.11. The van der Waals surface area contributed by atoms with E-state index in [2.05, 4.69) is 15.0 Å². The molecule has 0 unspecified atom stereocenters. The molecule has 0 radical (unpaired) electrons. The van der Waals surface area contributed by atoms with Crippen LogP contribution in [0.3, 0.4) is 0 Å². The number of nitrogens with one attached hydrogen (secondary N) is 2. The minimum Gasteiger partial charge on any atom is -0.332 e. The summed E-state index contributed by atoms with van der Waals surface area (Å²) >= 11 is 0. The van der Waals surface area contributed by atoms with Crippen molar-refractivity contribution < 1.29 is 8.42 Å². The molecular formula is C16H19N5O4S. The summed E-state index contributed by atoms with van der Waals surface area (Å²) < 4.78 is 26.5. The molecule has 0 aliphatic carbocycles. The van der Waals surface area contributed by atoms with Gasteiger partial charge in [-0.1, -0.05) is 6.92 Å². The average Bonchev–Trinajstić information content (AvgIpc) is 3.02. The van der Waals surface area contributed by atoms with Gasteiger partial charge in [-0.2, -0.15) is 0 Å². The predicted octanol–water partition coefficient (Wildman–Crippen LogP) is 0.740. The molecule has 9 nitrogen and oxygen atoms in total. The molecular weight excluding hydrogens is 358 g/mol. The molecule has 0 saturated carbocycles. The van der Waals surface area contributed by atoms with E-state index in [1.165, 1.54) is 26.2 Å². The van der Waals surface area contributed by atoms with Crippen LogP contribution in [0.5, 0.6) is 0 Å². The Morgan fingerprint density at radius 2 is 1.77 bits per heavy atom. The van der Waals surface area contributed by atoms with Crippen LogP contribution in [0.2, 0.25) is 0 Å². The molecule has 0 amide bonds. The van der Waals surface area contributed by atoms with Gasteiger partial charge in [0, 0.05) is 26.2 Å². The van der Waals surface area contributed by atoms with Crippen LogP contribution in [0.25, 0.3) is 22.6 Å². The topological polar surface area (TPSA) is 121 Å². The highest BCUT2D eigenvalue weighted by Gasteiger charge is 2.18. The average molecular weight is 377 g/mol. The van der Waals surface area contributed by atoms with Gasteiger partial charge >= 0.3 is 5.69 Å². The second-order valence-corrected chi connectivity index (χ2v) is 8.16. The molecule has 0 aliphatic rings. The maximum absolute atomic E-state index is 12.4. The van der Waals surface area contributed by atoms with Gasteiger partial charge < -0.3 is 4.98 Å². The third-order valence-corrected chi connectivity index (χ3v) is 5.82. The molecule has 0 bridgehead atoms. The van der Waals surface area contributed by atoms with Crippen molar-refractivity contribution >= 4 is 21.2 Å². The van der Waals surface area contributed by atoms with E-state index in [1.807, 2.05) is 6.92 Å². The first-order chi connectivity index (χ1) is 12.3. The van der Waals surface area contributed by atoms with Gasteiger partial charge in [0.1, 0.15) is 11.3 Å². The zero-order valence-corrected chi connectivity index (χ0v) is 15.4. The fourth-order valence-corrected chi connectivity index (χ4v) is 3.48. The number of sulfonamides is 1. The van der Waals surface area contributed by atoms with Crippen LogP contribution >= 0.6 is 0 Å². The van der Waals surface area contributed by atoms with E-state index in [9.17, 15) is 18.0 Å². The zero-order chi connectivity index (χ0) is 19.1. The van der Waals surface area contributed by atoms with Crippen LogP contribution in [-0.2, 0) is 16.6 Å². The Hall–Kier alpha value is -2.72. The summed E-state index contributed by atoms with van der Waals surface area (Å²) in [4.78, 5) is 34.3. The second kappa shape index (κ2) is 6.54. The monoisotopic (exact) mass is 377 g/mol. The molecule has 1 aromatic carbocycles. The van der Waals surface area contributed by atoms with Crippen LogP contribution < -0.4 is 11.2 Å². The van der Waals surface area contributed by atoms with Gasteiger partial charge in [0.25, 0.3) is 5.56 Å². The number of H-pyrrole nitrogens is 2. The van der Waals surface area contributed by atoms with E-state index in [1.54, 1.807) is 12.1 Å². The van der Waals surface area contributed by atoms with Gasteiger partial charge in [-0.25, -0.2) is 22.5 Å². The molecule has 2 N–H and O–H groups in total. The Balaban J connectivity index is 2.08. The van der Waals surface area contributed by atoms with Crippen molar-refractivity contribution in [3.8, 4) is 11.4 Å². The number of hydrogen-bond acceptors (Lipinski definition) is 5. The molecule has 26 heavy (non-hydrogen) atoms. The van der Waals surface area contributed by atoms with Gasteiger partial charge in [-0.3, -0.25) is 14.3 Å². The Kier molecular flexibility index (Phi) is 4.55. The number of nitrogens with zero attached hydrogens (tertiary/aromatic N) is 3. The first-order valence-electron chi connectivity index (χ1n) is 8.01. The number of aromatic nitrogens is 4. The summed E-state index contributed by atoms with van der Waals surface area (Å²) in [5.74, 6) is 0.371.